The number of hydrogen-bond donors (Lipinski definition) is 1. The van der Waals surface area contributed by atoms with E-state index in [4.69, 9.17) is 30.2 Å². The number of hydrogen-bond acceptors (Lipinski definition) is 6. The van der Waals surface area contributed by atoms with Crippen LogP contribution < -0.4 is 19.6 Å². The molecular formula is C33H28Br2ClN3O5. The fraction of sp³-hybridized carbons (Fsp3) is 0.152. The molecule has 0 fully saturated rings. The van der Waals surface area contributed by atoms with Crippen molar-refractivity contribution >= 4 is 55.6 Å². The largest absolute Gasteiger partial charge is 0.493 e. The molecule has 0 aliphatic heterocycles. The van der Waals surface area contributed by atoms with Crippen molar-refractivity contribution in [3.63, 3.8) is 0 Å². The molecule has 8 nitrogen and oxygen atoms in total. The highest BCUT2D eigenvalue weighted by atomic mass is 79.9. The molecule has 2 heterocycles. The predicted octanol–water partition coefficient (Wildman–Crippen LogP) is 8.80. The van der Waals surface area contributed by atoms with Crippen LogP contribution in [0.1, 0.15) is 38.8 Å². The fourth-order valence-electron chi connectivity index (χ4n) is 4.49. The van der Waals surface area contributed by atoms with Gasteiger partial charge in [0.1, 0.15) is 24.7 Å². The molecule has 1 N–H and O–H groups in total. The van der Waals surface area contributed by atoms with E-state index in [1.807, 2.05) is 42.5 Å². The second kappa shape index (κ2) is 14.2. The van der Waals surface area contributed by atoms with Crippen molar-refractivity contribution < 1.29 is 23.4 Å². The van der Waals surface area contributed by atoms with Gasteiger partial charge in [0.15, 0.2) is 17.3 Å². The third-order valence-corrected chi connectivity index (χ3v) is 8.11. The van der Waals surface area contributed by atoms with Gasteiger partial charge < -0.3 is 23.2 Å². The molecule has 0 aliphatic carbocycles. The molecular weight excluding hydrogens is 714 g/mol. The Balaban J connectivity index is 1.20. The Labute approximate surface area is 276 Å². The minimum absolute atomic E-state index is 0.0925. The first kappa shape index (κ1) is 31.4. The van der Waals surface area contributed by atoms with Gasteiger partial charge in [0.2, 0.25) is 0 Å². The third-order valence-electron chi connectivity index (χ3n) is 6.66. The number of aromatic nitrogens is 1. The van der Waals surface area contributed by atoms with Crippen molar-refractivity contribution in [2.75, 3.05) is 7.11 Å². The number of carbonyl (C=O) groups is 1. The van der Waals surface area contributed by atoms with Crippen LogP contribution in [0.5, 0.6) is 17.2 Å². The van der Waals surface area contributed by atoms with Gasteiger partial charge in [-0.25, -0.2) is 5.43 Å². The fourth-order valence-corrected chi connectivity index (χ4v) is 5.87. The van der Waals surface area contributed by atoms with Gasteiger partial charge in [-0.05, 0) is 80.6 Å². The Bertz CT molecular complexity index is 1800. The molecule has 44 heavy (non-hydrogen) atoms. The van der Waals surface area contributed by atoms with Gasteiger partial charge in [-0.3, -0.25) is 4.79 Å². The highest BCUT2D eigenvalue weighted by Crippen LogP contribution is 2.35. The van der Waals surface area contributed by atoms with E-state index in [0.717, 1.165) is 31.6 Å². The number of aryl methyl sites for hydroxylation is 2. The zero-order valence-electron chi connectivity index (χ0n) is 24.1. The monoisotopic (exact) mass is 739 g/mol. The van der Waals surface area contributed by atoms with E-state index in [9.17, 15) is 4.79 Å². The second-order valence-electron chi connectivity index (χ2n) is 9.75. The molecule has 226 valence electrons. The molecule has 0 bridgehead atoms. The van der Waals surface area contributed by atoms with Crippen LogP contribution in [0, 0.1) is 13.8 Å². The van der Waals surface area contributed by atoms with E-state index < -0.39 is 5.91 Å². The molecule has 11 heteroatoms. The Morgan fingerprint density at radius 1 is 0.955 bits per heavy atom. The average Bonchev–Trinajstić information content (AvgIpc) is 3.62. The van der Waals surface area contributed by atoms with Crippen molar-refractivity contribution in [1.29, 1.82) is 0 Å². The molecule has 2 aromatic heterocycles. The van der Waals surface area contributed by atoms with E-state index >= 15 is 0 Å². The molecule has 3 aromatic carbocycles. The summed E-state index contributed by atoms with van der Waals surface area (Å²) >= 11 is 13.3. The molecule has 1 amide bonds. The third kappa shape index (κ3) is 7.56. The van der Waals surface area contributed by atoms with Crippen LogP contribution in [0.3, 0.4) is 0 Å². The van der Waals surface area contributed by atoms with Crippen molar-refractivity contribution in [2.45, 2.75) is 27.1 Å². The maximum atomic E-state index is 12.7. The first-order chi connectivity index (χ1) is 21.2. The van der Waals surface area contributed by atoms with Crippen molar-refractivity contribution in [1.82, 2.24) is 9.99 Å². The van der Waals surface area contributed by atoms with Crippen LogP contribution >= 0.6 is 43.5 Å². The summed E-state index contributed by atoms with van der Waals surface area (Å²) in [5.74, 6) is 1.60. The van der Waals surface area contributed by atoms with Gasteiger partial charge in [-0.2, -0.15) is 5.10 Å². The van der Waals surface area contributed by atoms with Gasteiger partial charge in [0.05, 0.1) is 13.3 Å². The summed E-state index contributed by atoms with van der Waals surface area (Å²) < 4.78 is 27.1. The highest BCUT2D eigenvalue weighted by Gasteiger charge is 2.15. The lowest BCUT2D eigenvalue weighted by molar-refractivity contribution is 0.0923. The molecule has 0 unspecified atom stereocenters. The second-order valence-corrected chi connectivity index (χ2v) is 12.0. The summed E-state index contributed by atoms with van der Waals surface area (Å²) in [5, 5.41) is 4.52. The summed E-state index contributed by atoms with van der Waals surface area (Å²) in [7, 11) is 1.52. The number of nitrogens with zero attached hydrogens (tertiary/aromatic N) is 2. The lowest BCUT2D eigenvalue weighted by Gasteiger charge is -2.14. The van der Waals surface area contributed by atoms with Gasteiger partial charge in [-0.15, -0.1) is 0 Å². The summed E-state index contributed by atoms with van der Waals surface area (Å²) in [4.78, 5) is 12.7. The molecule has 0 spiro atoms. The summed E-state index contributed by atoms with van der Waals surface area (Å²) in [6.45, 7) is 4.56. The van der Waals surface area contributed by atoms with Gasteiger partial charge in [-0.1, -0.05) is 49.5 Å². The molecule has 0 radical (unpaired) electrons. The topological polar surface area (TPSA) is 87.2 Å². The Morgan fingerprint density at radius 2 is 1.70 bits per heavy atom. The molecule has 5 rings (SSSR count). The SMILES string of the molecule is COc1cc(Cl)cc(C=NNC(=O)c2ccc(COc3ccc(-n4c(C)ccc4C)cc3)o2)c1OCc1ccc(Br)cc1Br. The number of benzene rings is 3. The molecule has 0 saturated carbocycles. The first-order valence-corrected chi connectivity index (χ1v) is 15.4. The lowest BCUT2D eigenvalue weighted by atomic mass is 10.2. The van der Waals surface area contributed by atoms with Crippen LogP contribution in [0.2, 0.25) is 5.02 Å². The summed E-state index contributed by atoms with van der Waals surface area (Å²) in [6, 6.07) is 24.3. The Kier molecular flexibility index (Phi) is 10.1. The number of furan rings is 1. The normalized spacial score (nSPS) is 11.1. The standard InChI is InChI=1S/C33H28Br2ClN3O5/c1-20-4-5-21(2)39(20)26-8-10-27(11-9-26)42-19-28-12-13-30(44-28)33(40)38-37-17-23-14-25(36)16-31(41-3)32(23)43-18-22-6-7-24(34)15-29(22)35/h4-17H,18-19H2,1-3H3,(H,38,40). The van der Waals surface area contributed by atoms with Crippen LogP contribution in [0.4, 0.5) is 0 Å². The number of halogens is 3. The zero-order chi connectivity index (χ0) is 31.2. The van der Waals surface area contributed by atoms with Crippen molar-refractivity contribution in [2.24, 2.45) is 5.10 Å². The van der Waals surface area contributed by atoms with Gasteiger partial charge >= 0.3 is 5.91 Å². The summed E-state index contributed by atoms with van der Waals surface area (Å²) in [5.41, 5.74) is 7.30. The number of nitrogens with one attached hydrogen (secondary N) is 1. The average molecular weight is 742 g/mol. The Morgan fingerprint density at radius 3 is 2.41 bits per heavy atom. The molecule has 5 aromatic rings. The maximum Gasteiger partial charge on any atom is 0.307 e. The predicted molar refractivity (Wildman–Crippen MR) is 178 cm³/mol. The molecule has 0 saturated heterocycles. The molecule has 0 atom stereocenters. The van der Waals surface area contributed by atoms with Crippen molar-refractivity contribution in [3.05, 3.63) is 127 Å². The number of amides is 1. The number of methoxy groups -OCH3 is 1. The minimum Gasteiger partial charge on any atom is -0.493 e. The number of hydrazone groups is 1. The number of carbonyl (C=O) groups excluding carboxylic acids is 1. The van der Waals surface area contributed by atoms with Gasteiger partial charge in [0.25, 0.3) is 0 Å². The van der Waals surface area contributed by atoms with E-state index in [2.05, 4.69) is 72.9 Å². The van der Waals surface area contributed by atoms with Crippen LogP contribution in [-0.4, -0.2) is 23.8 Å². The van der Waals surface area contributed by atoms with E-state index in [-0.39, 0.29) is 19.0 Å². The first-order valence-electron chi connectivity index (χ1n) is 13.5. The van der Waals surface area contributed by atoms with Gasteiger partial charge in [0, 0.05) is 48.2 Å². The van der Waals surface area contributed by atoms with E-state index in [1.165, 1.54) is 13.3 Å². The van der Waals surface area contributed by atoms with Crippen LogP contribution in [0.25, 0.3) is 5.69 Å². The van der Waals surface area contributed by atoms with E-state index in [1.54, 1.807) is 24.3 Å². The van der Waals surface area contributed by atoms with Crippen LogP contribution in [0.15, 0.2) is 97.3 Å². The summed E-state index contributed by atoms with van der Waals surface area (Å²) in [6.07, 6.45) is 1.44. The lowest BCUT2D eigenvalue weighted by Crippen LogP contribution is -2.17. The quantitative estimate of drug-likeness (QED) is 0.108. The Hall–Kier alpha value is -3.99. The smallest absolute Gasteiger partial charge is 0.307 e. The van der Waals surface area contributed by atoms with E-state index in [0.29, 0.717) is 33.6 Å². The number of rotatable bonds is 11. The van der Waals surface area contributed by atoms with Crippen molar-refractivity contribution in [3.8, 4) is 22.9 Å². The van der Waals surface area contributed by atoms with Crippen LogP contribution in [-0.2, 0) is 13.2 Å². The maximum absolute atomic E-state index is 12.7. The zero-order valence-corrected chi connectivity index (χ0v) is 28.0. The minimum atomic E-state index is -0.524. The number of ether oxygens (including phenoxy) is 3. The highest BCUT2D eigenvalue weighted by molar-refractivity contribution is 9.11. The molecule has 0 aliphatic rings.